The SMILES string of the molecule is CC1(C)OB(c2cc(Cl)ncc2Br)OC1(C)C. The summed E-state index contributed by atoms with van der Waals surface area (Å²) in [5, 5.41) is 0.429. The van der Waals surface area contributed by atoms with Crippen LogP contribution in [0.3, 0.4) is 0 Å². The van der Waals surface area contributed by atoms with Crippen LogP contribution < -0.4 is 5.46 Å². The molecule has 1 aliphatic rings. The molecule has 0 aromatic carbocycles. The normalized spacial score (nSPS) is 21.9. The highest BCUT2D eigenvalue weighted by atomic mass is 79.9. The maximum Gasteiger partial charge on any atom is 0.496 e. The molecular formula is C11H14BBrClNO2. The highest BCUT2D eigenvalue weighted by Gasteiger charge is 2.52. The second kappa shape index (κ2) is 4.23. The van der Waals surface area contributed by atoms with Gasteiger partial charge in [-0.1, -0.05) is 11.6 Å². The molecule has 1 aromatic heterocycles. The molecule has 0 N–H and O–H groups in total. The summed E-state index contributed by atoms with van der Waals surface area (Å²) in [5.41, 5.74) is 0.156. The number of hydrogen-bond donors (Lipinski definition) is 0. The van der Waals surface area contributed by atoms with Crippen molar-refractivity contribution in [2.45, 2.75) is 38.9 Å². The largest absolute Gasteiger partial charge is 0.496 e. The van der Waals surface area contributed by atoms with E-state index in [-0.39, 0.29) is 11.2 Å². The van der Waals surface area contributed by atoms with E-state index in [4.69, 9.17) is 20.9 Å². The molecule has 1 saturated heterocycles. The van der Waals surface area contributed by atoms with Gasteiger partial charge in [-0.2, -0.15) is 0 Å². The van der Waals surface area contributed by atoms with Crippen LogP contribution in [0.1, 0.15) is 27.7 Å². The predicted molar refractivity (Wildman–Crippen MR) is 72.7 cm³/mol. The summed E-state index contributed by atoms with van der Waals surface area (Å²) in [7, 11) is -0.421. The number of halogens is 2. The minimum atomic E-state index is -0.421. The van der Waals surface area contributed by atoms with E-state index in [9.17, 15) is 0 Å². The van der Waals surface area contributed by atoms with Crippen LogP contribution in [0.25, 0.3) is 0 Å². The third-order valence-corrected chi connectivity index (χ3v) is 4.23. The van der Waals surface area contributed by atoms with Crippen molar-refractivity contribution in [3.63, 3.8) is 0 Å². The summed E-state index contributed by atoms with van der Waals surface area (Å²) in [4.78, 5) is 3.99. The van der Waals surface area contributed by atoms with E-state index in [1.807, 2.05) is 27.7 Å². The van der Waals surface area contributed by atoms with Crippen molar-refractivity contribution >= 4 is 40.1 Å². The third kappa shape index (κ3) is 2.39. The molecule has 2 rings (SSSR count). The van der Waals surface area contributed by atoms with Crippen molar-refractivity contribution in [3.8, 4) is 0 Å². The summed E-state index contributed by atoms with van der Waals surface area (Å²) in [6, 6.07) is 1.76. The van der Waals surface area contributed by atoms with Crippen LogP contribution in [-0.2, 0) is 9.31 Å². The molecular weight excluding hydrogens is 304 g/mol. The van der Waals surface area contributed by atoms with Gasteiger partial charge in [-0.05, 0) is 49.7 Å². The van der Waals surface area contributed by atoms with Crippen molar-refractivity contribution in [2.75, 3.05) is 0 Å². The van der Waals surface area contributed by atoms with Crippen molar-refractivity contribution in [3.05, 3.63) is 21.9 Å². The second-order valence-corrected chi connectivity index (χ2v) is 6.36. The van der Waals surface area contributed by atoms with Gasteiger partial charge in [0.05, 0.1) is 11.2 Å². The summed E-state index contributed by atoms with van der Waals surface area (Å²) in [5.74, 6) is 0. The molecule has 0 bridgehead atoms. The van der Waals surface area contributed by atoms with Crippen molar-refractivity contribution in [1.82, 2.24) is 4.98 Å². The molecule has 3 nitrogen and oxygen atoms in total. The first-order valence-corrected chi connectivity index (χ1v) is 6.57. The van der Waals surface area contributed by atoms with Crippen LogP contribution in [-0.4, -0.2) is 23.3 Å². The van der Waals surface area contributed by atoms with Crippen LogP contribution in [0.15, 0.2) is 16.7 Å². The van der Waals surface area contributed by atoms with Gasteiger partial charge in [-0.15, -0.1) is 0 Å². The molecule has 0 unspecified atom stereocenters. The lowest BCUT2D eigenvalue weighted by Crippen LogP contribution is -2.41. The third-order valence-electron chi connectivity index (χ3n) is 3.36. The average Bonchev–Trinajstić information content (AvgIpc) is 2.40. The van der Waals surface area contributed by atoms with Crippen molar-refractivity contribution in [2.24, 2.45) is 0 Å². The van der Waals surface area contributed by atoms with Gasteiger partial charge in [-0.25, -0.2) is 4.98 Å². The molecule has 0 amide bonds. The Balaban J connectivity index is 2.35. The van der Waals surface area contributed by atoms with E-state index in [2.05, 4.69) is 20.9 Å². The maximum atomic E-state index is 5.95. The monoisotopic (exact) mass is 317 g/mol. The predicted octanol–water partition coefficient (Wildman–Crippen LogP) is 2.80. The molecule has 17 heavy (non-hydrogen) atoms. The Labute approximate surface area is 115 Å². The zero-order valence-corrected chi connectivity index (χ0v) is 12.6. The Morgan fingerprint density at radius 2 is 1.76 bits per heavy atom. The molecule has 2 heterocycles. The Kier molecular flexibility index (Phi) is 3.32. The zero-order chi connectivity index (χ0) is 12.8. The molecule has 6 heteroatoms. The van der Waals surface area contributed by atoms with E-state index in [1.54, 1.807) is 12.3 Å². The Hall–Kier alpha value is -0.0951. The topological polar surface area (TPSA) is 31.4 Å². The first-order chi connectivity index (χ1) is 7.73. The number of pyridine rings is 1. The van der Waals surface area contributed by atoms with Gasteiger partial charge in [0.2, 0.25) is 0 Å². The van der Waals surface area contributed by atoms with Gasteiger partial charge < -0.3 is 9.31 Å². The first kappa shape index (κ1) is 13.3. The number of aromatic nitrogens is 1. The quantitative estimate of drug-likeness (QED) is 0.589. The van der Waals surface area contributed by atoms with Gasteiger partial charge in [0.25, 0.3) is 0 Å². The fourth-order valence-electron chi connectivity index (χ4n) is 1.58. The van der Waals surface area contributed by atoms with Gasteiger partial charge in [0.1, 0.15) is 5.15 Å². The van der Waals surface area contributed by atoms with E-state index in [1.165, 1.54) is 0 Å². The standard InChI is InChI=1S/C11H14BBrClNO2/c1-10(2)11(3,4)17-12(16-10)7-5-9(14)15-6-8(7)13/h5-6H,1-4H3. The zero-order valence-electron chi connectivity index (χ0n) is 10.3. The Morgan fingerprint density at radius 3 is 2.29 bits per heavy atom. The van der Waals surface area contributed by atoms with Crippen molar-refractivity contribution in [1.29, 1.82) is 0 Å². The number of nitrogens with zero attached hydrogens (tertiary/aromatic N) is 1. The minimum absolute atomic E-state index is 0.354. The van der Waals surface area contributed by atoms with Gasteiger partial charge in [-0.3, -0.25) is 0 Å². The fourth-order valence-corrected chi connectivity index (χ4v) is 2.15. The first-order valence-electron chi connectivity index (χ1n) is 5.39. The van der Waals surface area contributed by atoms with E-state index < -0.39 is 7.12 Å². The molecule has 1 aliphatic heterocycles. The Bertz CT molecular complexity index is 437. The smallest absolute Gasteiger partial charge is 0.399 e. The lowest BCUT2D eigenvalue weighted by atomic mass is 9.80. The number of hydrogen-bond acceptors (Lipinski definition) is 3. The van der Waals surface area contributed by atoms with Gasteiger partial charge >= 0.3 is 7.12 Å². The molecule has 0 spiro atoms. The molecule has 0 saturated carbocycles. The highest BCUT2D eigenvalue weighted by Crippen LogP contribution is 2.37. The van der Waals surface area contributed by atoms with E-state index in [0.717, 1.165) is 9.94 Å². The van der Waals surface area contributed by atoms with E-state index in [0.29, 0.717) is 5.15 Å². The summed E-state index contributed by atoms with van der Waals surface area (Å²) >= 11 is 9.33. The lowest BCUT2D eigenvalue weighted by molar-refractivity contribution is 0.00578. The van der Waals surface area contributed by atoms with Crippen LogP contribution in [0.2, 0.25) is 5.15 Å². The molecule has 0 aliphatic carbocycles. The van der Waals surface area contributed by atoms with E-state index >= 15 is 0 Å². The maximum absolute atomic E-state index is 5.95. The van der Waals surface area contributed by atoms with Gasteiger partial charge in [0, 0.05) is 16.1 Å². The molecule has 92 valence electrons. The van der Waals surface area contributed by atoms with Crippen molar-refractivity contribution < 1.29 is 9.31 Å². The fraction of sp³-hybridized carbons (Fsp3) is 0.545. The van der Waals surface area contributed by atoms with Crippen LogP contribution in [0.5, 0.6) is 0 Å². The minimum Gasteiger partial charge on any atom is -0.399 e. The molecule has 1 fully saturated rings. The van der Waals surface area contributed by atoms with Gasteiger partial charge in [0.15, 0.2) is 0 Å². The Morgan fingerprint density at radius 1 is 1.24 bits per heavy atom. The summed E-state index contributed by atoms with van der Waals surface area (Å²) in [6.45, 7) is 8.07. The summed E-state index contributed by atoms with van der Waals surface area (Å²) < 4.78 is 12.7. The number of rotatable bonds is 1. The van der Waals surface area contributed by atoms with Crippen LogP contribution in [0, 0.1) is 0 Å². The lowest BCUT2D eigenvalue weighted by Gasteiger charge is -2.32. The average molecular weight is 318 g/mol. The van der Waals surface area contributed by atoms with Crippen LogP contribution in [0.4, 0.5) is 0 Å². The summed E-state index contributed by atoms with van der Waals surface area (Å²) in [6.07, 6.45) is 1.66. The molecule has 0 radical (unpaired) electrons. The highest BCUT2D eigenvalue weighted by molar-refractivity contribution is 9.10. The van der Waals surface area contributed by atoms with Crippen LogP contribution >= 0.6 is 27.5 Å². The second-order valence-electron chi connectivity index (χ2n) is 5.12. The molecule has 0 atom stereocenters. The molecule has 1 aromatic rings.